The van der Waals surface area contributed by atoms with Gasteiger partial charge in [-0.3, -0.25) is 9.59 Å². The molecule has 4 N–H and O–H groups in total. The highest BCUT2D eigenvalue weighted by molar-refractivity contribution is 5.88. The van der Waals surface area contributed by atoms with Crippen molar-refractivity contribution in [2.75, 3.05) is 0 Å². The number of rotatable bonds is 7. The third-order valence-corrected chi connectivity index (χ3v) is 3.65. The molecule has 0 heterocycles. The second-order valence-corrected chi connectivity index (χ2v) is 5.26. The molecule has 1 fully saturated rings. The average molecular weight is 290 g/mol. The Balaban J connectivity index is 1.89. The van der Waals surface area contributed by atoms with Gasteiger partial charge in [0.05, 0.1) is 0 Å². The van der Waals surface area contributed by atoms with Crippen molar-refractivity contribution in [3.05, 3.63) is 35.9 Å². The van der Waals surface area contributed by atoms with E-state index in [9.17, 15) is 14.4 Å². The van der Waals surface area contributed by atoms with Gasteiger partial charge in [-0.2, -0.15) is 0 Å². The Morgan fingerprint density at radius 1 is 1.29 bits per heavy atom. The number of amides is 2. The molecule has 0 radical (unpaired) electrons. The summed E-state index contributed by atoms with van der Waals surface area (Å²) < 4.78 is 0. The normalized spacial score (nSPS) is 21.3. The largest absolute Gasteiger partial charge is 0.480 e. The van der Waals surface area contributed by atoms with Crippen LogP contribution in [0.3, 0.4) is 0 Å². The highest BCUT2D eigenvalue weighted by Crippen LogP contribution is 2.47. The van der Waals surface area contributed by atoms with Crippen LogP contribution < -0.4 is 11.1 Å². The van der Waals surface area contributed by atoms with Crippen molar-refractivity contribution in [1.82, 2.24) is 5.32 Å². The average Bonchev–Trinajstić information content (AvgIpc) is 3.24. The summed E-state index contributed by atoms with van der Waals surface area (Å²) in [7, 11) is 0. The Morgan fingerprint density at radius 2 is 1.95 bits per heavy atom. The third kappa shape index (κ3) is 4.05. The fraction of sp³-hybridized carbons (Fsp3) is 0.400. The van der Waals surface area contributed by atoms with Crippen LogP contribution in [0.2, 0.25) is 0 Å². The lowest BCUT2D eigenvalue weighted by Gasteiger charge is -2.13. The standard InChI is InChI=1S/C15H18N2O4/c16-13(18)7-6-12(15(20)21)17-14(19)11-8-10(11)9-4-2-1-3-5-9/h1-5,10-12H,6-8H2,(H2,16,18)(H,17,19)(H,20,21). The van der Waals surface area contributed by atoms with E-state index in [1.165, 1.54) is 0 Å². The van der Waals surface area contributed by atoms with Crippen LogP contribution in [0.15, 0.2) is 30.3 Å². The van der Waals surface area contributed by atoms with Crippen molar-refractivity contribution in [3.63, 3.8) is 0 Å². The number of carboxylic acids is 1. The maximum Gasteiger partial charge on any atom is 0.326 e. The van der Waals surface area contributed by atoms with Crippen molar-refractivity contribution in [3.8, 4) is 0 Å². The number of hydrogen-bond acceptors (Lipinski definition) is 3. The molecule has 1 aromatic carbocycles. The summed E-state index contributed by atoms with van der Waals surface area (Å²) in [6.45, 7) is 0. The number of primary amides is 1. The first-order chi connectivity index (χ1) is 9.99. The zero-order valence-corrected chi connectivity index (χ0v) is 11.5. The molecule has 21 heavy (non-hydrogen) atoms. The quantitative estimate of drug-likeness (QED) is 0.684. The molecule has 0 saturated heterocycles. The summed E-state index contributed by atoms with van der Waals surface area (Å²) in [4.78, 5) is 33.8. The molecule has 1 saturated carbocycles. The van der Waals surface area contributed by atoms with Gasteiger partial charge in [-0.05, 0) is 24.3 Å². The molecule has 3 atom stereocenters. The lowest BCUT2D eigenvalue weighted by Crippen LogP contribution is -2.42. The van der Waals surface area contributed by atoms with Crippen molar-refractivity contribution in [2.24, 2.45) is 11.7 Å². The fourth-order valence-electron chi connectivity index (χ4n) is 2.38. The summed E-state index contributed by atoms with van der Waals surface area (Å²) in [6.07, 6.45) is 0.668. The number of carbonyl (C=O) groups excluding carboxylic acids is 2. The number of benzene rings is 1. The van der Waals surface area contributed by atoms with Gasteiger partial charge in [0.1, 0.15) is 6.04 Å². The van der Waals surface area contributed by atoms with Gasteiger partial charge >= 0.3 is 5.97 Å². The van der Waals surface area contributed by atoms with E-state index in [0.717, 1.165) is 12.0 Å². The van der Waals surface area contributed by atoms with Crippen molar-refractivity contribution in [2.45, 2.75) is 31.2 Å². The predicted octanol–water partition coefficient (Wildman–Crippen LogP) is 0.625. The van der Waals surface area contributed by atoms with Crippen LogP contribution in [0.5, 0.6) is 0 Å². The zero-order chi connectivity index (χ0) is 15.4. The summed E-state index contributed by atoms with van der Waals surface area (Å²) >= 11 is 0. The molecule has 112 valence electrons. The molecule has 2 rings (SSSR count). The van der Waals surface area contributed by atoms with Crippen LogP contribution in [-0.2, 0) is 14.4 Å². The van der Waals surface area contributed by atoms with Gasteiger partial charge in [-0.1, -0.05) is 30.3 Å². The summed E-state index contributed by atoms with van der Waals surface area (Å²) in [5.74, 6) is -2.05. The third-order valence-electron chi connectivity index (χ3n) is 3.65. The molecule has 0 spiro atoms. The van der Waals surface area contributed by atoms with Crippen molar-refractivity contribution in [1.29, 1.82) is 0 Å². The van der Waals surface area contributed by atoms with E-state index in [1.54, 1.807) is 0 Å². The molecule has 1 aliphatic rings. The minimum Gasteiger partial charge on any atom is -0.480 e. The first kappa shape index (κ1) is 15.0. The van der Waals surface area contributed by atoms with E-state index in [2.05, 4.69) is 5.32 Å². The van der Waals surface area contributed by atoms with Gasteiger partial charge in [0.25, 0.3) is 0 Å². The molecule has 3 unspecified atom stereocenters. The van der Waals surface area contributed by atoms with Gasteiger partial charge in [0, 0.05) is 12.3 Å². The highest BCUT2D eigenvalue weighted by atomic mass is 16.4. The maximum absolute atomic E-state index is 12.1. The van der Waals surface area contributed by atoms with Crippen molar-refractivity contribution < 1.29 is 19.5 Å². The molecular formula is C15H18N2O4. The monoisotopic (exact) mass is 290 g/mol. The molecule has 6 nitrogen and oxygen atoms in total. The van der Waals surface area contributed by atoms with Gasteiger partial charge in [0.2, 0.25) is 11.8 Å². The number of carbonyl (C=O) groups is 3. The minimum atomic E-state index is -1.15. The first-order valence-electron chi connectivity index (χ1n) is 6.85. The minimum absolute atomic E-state index is 0.0130. The second-order valence-electron chi connectivity index (χ2n) is 5.26. The zero-order valence-electron chi connectivity index (χ0n) is 11.5. The van der Waals surface area contributed by atoms with Crippen LogP contribution in [0, 0.1) is 5.92 Å². The molecule has 6 heteroatoms. The molecular weight excluding hydrogens is 272 g/mol. The number of aliphatic carboxylic acids is 1. The van der Waals surface area contributed by atoms with Crippen LogP contribution in [0.25, 0.3) is 0 Å². The fourth-order valence-corrected chi connectivity index (χ4v) is 2.38. The summed E-state index contributed by atoms with van der Waals surface area (Å²) in [5.41, 5.74) is 6.08. The Labute approximate surface area is 122 Å². The summed E-state index contributed by atoms with van der Waals surface area (Å²) in [6, 6.07) is 8.58. The number of nitrogens with two attached hydrogens (primary N) is 1. The molecule has 0 bridgehead atoms. The molecule has 0 aliphatic heterocycles. The van der Waals surface area contributed by atoms with Crippen LogP contribution in [0.1, 0.15) is 30.7 Å². The van der Waals surface area contributed by atoms with Gasteiger partial charge in [-0.15, -0.1) is 0 Å². The summed E-state index contributed by atoms with van der Waals surface area (Å²) in [5, 5.41) is 11.5. The van der Waals surface area contributed by atoms with E-state index in [0.29, 0.717) is 0 Å². The molecule has 0 aromatic heterocycles. The SMILES string of the molecule is NC(=O)CCC(NC(=O)C1CC1c1ccccc1)C(=O)O. The van der Waals surface area contributed by atoms with E-state index in [-0.39, 0.29) is 30.6 Å². The van der Waals surface area contributed by atoms with Crippen LogP contribution in [-0.4, -0.2) is 28.9 Å². The number of hydrogen-bond donors (Lipinski definition) is 3. The lowest BCUT2D eigenvalue weighted by molar-refractivity contribution is -0.142. The molecule has 1 aromatic rings. The van der Waals surface area contributed by atoms with E-state index >= 15 is 0 Å². The van der Waals surface area contributed by atoms with Gasteiger partial charge in [-0.25, -0.2) is 4.79 Å². The Morgan fingerprint density at radius 3 is 2.52 bits per heavy atom. The van der Waals surface area contributed by atoms with Crippen LogP contribution >= 0.6 is 0 Å². The molecule has 1 aliphatic carbocycles. The van der Waals surface area contributed by atoms with Crippen molar-refractivity contribution >= 4 is 17.8 Å². The van der Waals surface area contributed by atoms with E-state index in [1.807, 2.05) is 30.3 Å². The Bertz CT molecular complexity index is 544. The maximum atomic E-state index is 12.1. The smallest absolute Gasteiger partial charge is 0.326 e. The Hall–Kier alpha value is -2.37. The topological polar surface area (TPSA) is 109 Å². The van der Waals surface area contributed by atoms with E-state index < -0.39 is 17.9 Å². The van der Waals surface area contributed by atoms with Gasteiger partial charge < -0.3 is 16.2 Å². The van der Waals surface area contributed by atoms with E-state index in [4.69, 9.17) is 10.8 Å². The number of carboxylic acid groups (broad SMARTS) is 1. The first-order valence-corrected chi connectivity index (χ1v) is 6.85. The Kier molecular flexibility index (Phi) is 4.57. The molecule has 2 amide bonds. The predicted molar refractivity (Wildman–Crippen MR) is 75.3 cm³/mol. The highest BCUT2D eigenvalue weighted by Gasteiger charge is 2.44. The number of nitrogens with one attached hydrogen (secondary N) is 1. The lowest BCUT2D eigenvalue weighted by atomic mass is 10.1. The van der Waals surface area contributed by atoms with Gasteiger partial charge in [0.15, 0.2) is 0 Å². The second kappa shape index (κ2) is 6.39. The van der Waals surface area contributed by atoms with Crippen LogP contribution in [0.4, 0.5) is 0 Å².